The number of hydrogen-bond donors (Lipinski definition) is 0. The number of alkyl halides is 3. The zero-order valence-electron chi connectivity index (χ0n) is 12.4. The molecule has 0 radical (unpaired) electrons. The highest BCUT2D eigenvalue weighted by Crippen LogP contribution is 2.36. The van der Waals surface area contributed by atoms with Crippen LogP contribution in [0.1, 0.15) is 23.7 Å². The Hall–Kier alpha value is -2.50. The molecule has 0 N–H and O–H groups in total. The number of benzene rings is 2. The van der Waals surface area contributed by atoms with E-state index in [2.05, 4.69) is 4.74 Å². The Balaban J connectivity index is 2.46. The molecule has 0 unspecified atom stereocenters. The highest BCUT2D eigenvalue weighted by molar-refractivity contribution is 5.87. The van der Waals surface area contributed by atoms with Crippen molar-refractivity contribution >= 4 is 6.29 Å². The lowest BCUT2D eigenvalue weighted by Crippen LogP contribution is -2.18. The van der Waals surface area contributed by atoms with E-state index in [9.17, 15) is 18.0 Å². The second kappa shape index (κ2) is 7.17. The van der Waals surface area contributed by atoms with Gasteiger partial charge >= 0.3 is 6.36 Å². The summed E-state index contributed by atoms with van der Waals surface area (Å²) in [5.74, 6) is -0.416. The Morgan fingerprint density at radius 2 is 1.83 bits per heavy atom. The fourth-order valence-electron chi connectivity index (χ4n) is 2.07. The lowest BCUT2D eigenvalue weighted by molar-refractivity contribution is -0.275. The minimum atomic E-state index is -4.83. The molecule has 0 amide bonds. The first-order chi connectivity index (χ1) is 10.9. The summed E-state index contributed by atoms with van der Waals surface area (Å²) < 4.78 is 47.1. The van der Waals surface area contributed by atoms with Crippen molar-refractivity contribution in [1.29, 1.82) is 0 Å². The van der Waals surface area contributed by atoms with Crippen LogP contribution in [0.4, 0.5) is 13.2 Å². The van der Waals surface area contributed by atoms with Crippen molar-refractivity contribution in [1.82, 2.24) is 0 Å². The van der Waals surface area contributed by atoms with Crippen LogP contribution in [0, 0.1) is 0 Å². The normalized spacial score (nSPS) is 11.1. The lowest BCUT2D eigenvalue weighted by atomic mass is 10.00. The van der Waals surface area contributed by atoms with Gasteiger partial charge in [-0.05, 0) is 29.7 Å². The van der Waals surface area contributed by atoms with E-state index >= 15 is 0 Å². The third kappa shape index (κ3) is 4.48. The first kappa shape index (κ1) is 16.9. The topological polar surface area (TPSA) is 35.5 Å². The van der Waals surface area contributed by atoms with Crippen LogP contribution in [0.3, 0.4) is 0 Å². The second-order valence-electron chi connectivity index (χ2n) is 4.76. The molecule has 0 saturated carbocycles. The molecule has 122 valence electrons. The summed E-state index contributed by atoms with van der Waals surface area (Å²) in [5, 5.41) is 0. The maximum absolute atomic E-state index is 12.6. The zero-order valence-corrected chi connectivity index (χ0v) is 12.4. The highest BCUT2D eigenvalue weighted by Gasteiger charge is 2.32. The molecular formula is C17H15F3O3. The van der Waals surface area contributed by atoms with Gasteiger partial charge in [-0.2, -0.15) is 0 Å². The Morgan fingerprint density at radius 3 is 2.48 bits per heavy atom. The summed E-state index contributed by atoms with van der Waals surface area (Å²) in [6.45, 7) is 2.12. The average molecular weight is 324 g/mol. The molecule has 0 aliphatic carbocycles. The third-order valence-electron chi connectivity index (χ3n) is 3.03. The number of carbonyl (C=O) groups is 1. The van der Waals surface area contributed by atoms with Crippen molar-refractivity contribution < 1.29 is 27.4 Å². The third-order valence-corrected chi connectivity index (χ3v) is 3.03. The van der Waals surface area contributed by atoms with Crippen LogP contribution in [0.25, 0.3) is 11.1 Å². The SMILES string of the molecule is CCCOc1ccc(-c2ccccc2C=O)cc1OC(F)(F)F. The standard InChI is InChI=1S/C17H15F3O3/c1-2-9-22-15-8-7-12(10-16(15)23-17(18,19)20)14-6-4-3-5-13(14)11-21/h3-8,10-11H,2,9H2,1H3. The van der Waals surface area contributed by atoms with E-state index in [1.807, 2.05) is 6.92 Å². The number of ether oxygens (including phenoxy) is 2. The Labute approximate surface area is 131 Å². The minimum Gasteiger partial charge on any atom is -0.490 e. The van der Waals surface area contributed by atoms with Gasteiger partial charge in [0, 0.05) is 5.56 Å². The number of halogens is 3. The Kier molecular flexibility index (Phi) is 5.26. The van der Waals surface area contributed by atoms with Crippen LogP contribution >= 0.6 is 0 Å². The molecule has 0 bridgehead atoms. The van der Waals surface area contributed by atoms with Crippen molar-refractivity contribution in [2.24, 2.45) is 0 Å². The summed E-state index contributed by atoms with van der Waals surface area (Å²) in [4.78, 5) is 11.1. The van der Waals surface area contributed by atoms with Crippen LogP contribution in [-0.4, -0.2) is 19.3 Å². The second-order valence-corrected chi connectivity index (χ2v) is 4.76. The van der Waals surface area contributed by atoms with Crippen molar-refractivity contribution in [3.05, 3.63) is 48.0 Å². The van der Waals surface area contributed by atoms with Gasteiger partial charge in [-0.15, -0.1) is 13.2 Å². The van der Waals surface area contributed by atoms with Crippen molar-refractivity contribution in [2.75, 3.05) is 6.61 Å². The molecule has 0 fully saturated rings. The minimum absolute atomic E-state index is 0.0107. The van der Waals surface area contributed by atoms with E-state index in [0.29, 0.717) is 29.4 Å². The van der Waals surface area contributed by atoms with Crippen LogP contribution in [0.2, 0.25) is 0 Å². The lowest BCUT2D eigenvalue weighted by Gasteiger charge is -2.15. The molecule has 0 aliphatic heterocycles. The highest BCUT2D eigenvalue weighted by atomic mass is 19.4. The van der Waals surface area contributed by atoms with Crippen molar-refractivity contribution in [3.8, 4) is 22.6 Å². The summed E-state index contributed by atoms with van der Waals surface area (Å²) in [6, 6.07) is 10.9. The van der Waals surface area contributed by atoms with Crippen LogP contribution < -0.4 is 9.47 Å². The van der Waals surface area contributed by atoms with Crippen molar-refractivity contribution in [3.63, 3.8) is 0 Å². The van der Waals surface area contributed by atoms with Gasteiger partial charge in [0.05, 0.1) is 6.61 Å². The van der Waals surface area contributed by atoms with Gasteiger partial charge in [0.1, 0.15) is 0 Å². The van der Waals surface area contributed by atoms with Gasteiger partial charge < -0.3 is 9.47 Å². The van der Waals surface area contributed by atoms with E-state index in [0.717, 1.165) is 0 Å². The zero-order chi connectivity index (χ0) is 16.9. The smallest absolute Gasteiger partial charge is 0.490 e. The molecule has 0 spiro atoms. The fraction of sp³-hybridized carbons (Fsp3) is 0.235. The summed E-state index contributed by atoms with van der Waals surface area (Å²) in [6.07, 6.45) is -3.52. The van der Waals surface area contributed by atoms with Gasteiger partial charge in [0.15, 0.2) is 17.8 Å². The molecule has 2 aromatic carbocycles. The molecule has 23 heavy (non-hydrogen) atoms. The van der Waals surface area contributed by atoms with E-state index in [4.69, 9.17) is 4.74 Å². The molecular weight excluding hydrogens is 309 g/mol. The molecule has 0 saturated heterocycles. The van der Waals surface area contributed by atoms with Gasteiger partial charge in [-0.3, -0.25) is 4.79 Å². The maximum Gasteiger partial charge on any atom is 0.573 e. The number of rotatable bonds is 6. The van der Waals surface area contributed by atoms with Crippen LogP contribution in [0.15, 0.2) is 42.5 Å². The predicted molar refractivity (Wildman–Crippen MR) is 79.7 cm³/mol. The number of aldehydes is 1. The van der Waals surface area contributed by atoms with E-state index in [1.54, 1.807) is 30.3 Å². The quantitative estimate of drug-likeness (QED) is 0.712. The molecule has 6 heteroatoms. The average Bonchev–Trinajstić information content (AvgIpc) is 2.52. The summed E-state index contributed by atoms with van der Waals surface area (Å²) >= 11 is 0. The van der Waals surface area contributed by atoms with Crippen LogP contribution in [0.5, 0.6) is 11.5 Å². The molecule has 2 aromatic rings. The maximum atomic E-state index is 12.6. The largest absolute Gasteiger partial charge is 0.573 e. The van der Waals surface area contributed by atoms with E-state index in [1.165, 1.54) is 12.1 Å². The van der Waals surface area contributed by atoms with Gasteiger partial charge in [0.2, 0.25) is 0 Å². The Bertz CT molecular complexity index is 681. The Morgan fingerprint density at radius 1 is 1.09 bits per heavy atom. The molecule has 0 heterocycles. The molecule has 3 nitrogen and oxygen atoms in total. The van der Waals surface area contributed by atoms with Crippen molar-refractivity contribution in [2.45, 2.75) is 19.7 Å². The molecule has 0 aliphatic rings. The molecule has 0 atom stereocenters. The summed E-state index contributed by atoms with van der Waals surface area (Å²) in [5.41, 5.74) is 1.35. The molecule has 0 aromatic heterocycles. The van der Waals surface area contributed by atoms with Gasteiger partial charge in [-0.25, -0.2) is 0 Å². The monoisotopic (exact) mass is 324 g/mol. The van der Waals surface area contributed by atoms with Gasteiger partial charge in [-0.1, -0.05) is 37.3 Å². The fourth-order valence-corrected chi connectivity index (χ4v) is 2.07. The summed E-state index contributed by atoms with van der Waals surface area (Å²) in [7, 11) is 0. The number of hydrogen-bond acceptors (Lipinski definition) is 3. The van der Waals surface area contributed by atoms with E-state index in [-0.39, 0.29) is 12.4 Å². The first-order valence-electron chi connectivity index (χ1n) is 7.01. The predicted octanol–water partition coefficient (Wildman–Crippen LogP) is 4.85. The van der Waals surface area contributed by atoms with E-state index < -0.39 is 12.1 Å². The van der Waals surface area contributed by atoms with Crippen LogP contribution in [-0.2, 0) is 0 Å². The van der Waals surface area contributed by atoms with Gasteiger partial charge in [0.25, 0.3) is 0 Å². The number of carbonyl (C=O) groups excluding carboxylic acids is 1. The molecule has 2 rings (SSSR count). The first-order valence-corrected chi connectivity index (χ1v) is 7.01.